The highest BCUT2D eigenvalue weighted by Crippen LogP contribution is 2.41. The molecule has 5 rings (SSSR count). The lowest BCUT2D eigenvalue weighted by Crippen LogP contribution is -2.31. The summed E-state index contributed by atoms with van der Waals surface area (Å²) in [6, 6.07) is 14.9. The van der Waals surface area contributed by atoms with Gasteiger partial charge in [0.15, 0.2) is 0 Å². The van der Waals surface area contributed by atoms with Gasteiger partial charge in [-0.15, -0.1) is 11.3 Å². The number of fused-ring (bicyclic) bond motifs is 3. The molecule has 0 saturated heterocycles. The van der Waals surface area contributed by atoms with E-state index in [1.807, 2.05) is 65.8 Å². The summed E-state index contributed by atoms with van der Waals surface area (Å²) in [4.78, 5) is 6.33. The van der Waals surface area contributed by atoms with Crippen LogP contribution in [0.2, 0.25) is 0 Å². The van der Waals surface area contributed by atoms with E-state index in [-0.39, 0.29) is 6.04 Å². The molecular weight excluding hydrogens is 685 g/mol. The number of hydrogen-bond acceptors (Lipinski definition) is 8. The molecule has 7 nitrogen and oxygen atoms in total. The number of rotatable bonds is 9. The third-order valence-electron chi connectivity index (χ3n) is 8.21. The molecule has 0 bridgehead atoms. The SMILES string of the molecule is C=Cc1c(/C=C\C)c(C/C=C\C=C(/N)c2cncc(C#N)c2)cc2sc3cc(C4=CC=CC(/C(C)=C/C(C#N)=C\N)N4C)ccc3c12.CC.CC.COC. The van der Waals surface area contributed by atoms with Crippen molar-refractivity contribution in [3.05, 3.63) is 149 Å². The number of thiophene rings is 1. The van der Waals surface area contributed by atoms with E-state index in [9.17, 15) is 10.5 Å². The highest BCUT2D eigenvalue weighted by Gasteiger charge is 2.21. The Kier molecular flexibility index (Phi) is 18.7. The van der Waals surface area contributed by atoms with Crippen molar-refractivity contribution >= 4 is 55.1 Å². The molecule has 0 fully saturated rings. The minimum atomic E-state index is 0.00681. The quantitative estimate of drug-likeness (QED) is 0.129. The number of ether oxygens (including phenoxy) is 1. The summed E-state index contributed by atoms with van der Waals surface area (Å²) in [5.74, 6) is 0. The van der Waals surface area contributed by atoms with Gasteiger partial charge in [-0.2, -0.15) is 10.5 Å². The van der Waals surface area contributed by atoms with Gasteiger partial charge >= 0.3 is 0 Å². The van der Waals surface area contributed by atoms with Gasteiger partial charge in [0.2, 0.25) is 0 Å². The molecule has 4 N–H and O–H groups in total. The van der Waals surface area contributed by atoms with Gasteiger partial charge in [-0.25, -0.2) is 0 Å². The van der Waals surface area contributed by atoms with Crippen LogP contribution < -0.4 is 11.5 Å². The Labute approximate surface area is 326 Å². The summed E-state index contributed by atoms with van der Waals surface area (Å²) < 4.78 is 6.66. The molecular formula is C46H54N6OS. The van der Waals surface area contributed by atoms with E-state index in [1.54, 1.807) is 37.8 Å². The molecule has 1 aliphatic heterocycles. The van der Waals surface area contributed by atoms with Crippen molar-refractivity contribution in [2.45, 2.75) is 54.0 Å². The number of hydrogen-bond donors (Lipinski definition) is 2. The van der Waals surface area contributed by atoms with Gasteiger partial charge in [0.05, 0.1) is 17.2 Å². The van der Waals surface area contributed by atoms with Crippen LogP contribution in [0.25, 0.3) is 43.7 Å². The van der Waals surface area contributed by atoms with Crippen molar-refractivity contribution in [3.63, 3.8) is 0 Å². The van der Waals surface area contributed by atoms with Gasteiger partial charge in [0, 0.05) is 77.0 Å². The van der Waals surface area contributed by atoms with Crippen molar-refractivity contribution in [1.82, 2.24) is 9.88 Å². The third kappa shape index (κ3) is 10.8. The maximum Gasteiger partial charge on any atom is 0.101 e. The van der Waals surface area contributed by atoms with E-state index < -0.39 is 0 Å². The lowest BCUT2D eigenvalue weighted by molar-refractivity contribution is 0.277. The smallest absolute Gasteiger partial charge is 0.101 e. The first-order chi connectivity index (χ1) is 26.2. The number of allylic oxidation sites excluding steroid dienone is 8. The Morgan fingerprint density at radius 3 is 2.43 bits per heavy atom. The number of aromatic nitrogens is 1. The fourth-order valence-electron chi connectivity index (χ4n) is 5.92. The molecule has 0 spiro atoms. The number of nitrogens with zero attached hydrogens (tertiary/aromatic N) is 4. The Hall–Kier alpha value is -5.93. The van der Waals surface area contributed by atoms with E-state index in [0.29, 0.717) is 28.8 Å². The van der Waals surface area contributed by atoms with Crippen LogP contribution in [0.5, 0.6) is 0 Å². The lowest BCUT2D eigenvalue weighted by atomic mass is 9.93. The van der Waals surface area contributed by atoms with Gasteiger partial charge < -0.3 is 21.1 Å². The molecule has 1 unspecified atom stereocenters. The minimum Gasteiger partial charge on any atom is -0.404 e. The molecule has 54 heavy (non-hydrogen) atoms. The molecule has 2 aromatic carbocycles. The normalized spacial score (nSPS) is 14.4. The van der Waals surface area contributed by atoms with Gasteiger partial charge in [-0.1, -0.05) is 88.9 Å². The zero-order valence-electron chi connectivity index (χ0n) is 33.1. The molecule has 0 aliphatic carbocycles. The number of nitrogens with two attached hydrogens (primary N) is 2. The third-order valence-corrected chi connectivity index (χ3v) is 9.31. The van der Waals surface area contributed by atoms with Gasteiger partial charge in [-0.3, -0.25) is 4.98 Å². The van der Waals surface area contributed by atoms with Crippen LogP contribution in [0.4, 0.5) is 0 Å². The monoisotopic (exact) mass is 738 g/mol. The van der Waals surface area contributed by atoms with Crippen LogP contribution in [-0.2, 0) is 11.2 Å². The number of pyridine rings is 1. The molecule has 8 heteroatoms. The van der Waals surface area contributed by atoms with Crippen molar-refractivity contribution < 1.29 is 4.74 Å². The van der Waals surface area contributed by atoms with Crippen LogP contribution in [0, 0.1) is 22.7 Å². The summed E-state index contributed by atoms with van der Waals surface area (Å²) in [6.45, 7) is 16.3. The van der Waals surface area contributed by atoms with Crippen LogP contribution in [0.3, 0.4) is 0 Å². The molecule has 0 saturated carbocycles. The number of nitriles is 2. The van der Waals surface area contributed by atoms with Gasteiger partial charge in [0.25, 0.3) is 0 Å². The topological polar surface area (TPSA) is 125 Å². The first-order valence-electron chi connectivity index (χ1n) is 18.0. The Balaban J connectivity index is 0.00000135. The summed E-state index contributed by atoms with van der Waals surface area (Å²) >= 11 is 1.78. The predicted molar refractivity (Wildman–Crippen MR) is 234 cm³/mol. The van der Waals surface area contributed by atoms with Crippen molar-refractivity contribution in [3.8, 4) is 12.1 Å². The van der Waals surface area contributed by atoms with E-state index in [1.165, 1.54) is 38.1 Å². The first-order valence-corrected chi connectivity index (χ1v) is 18.8. The minimum absolute atomic E-state index is 0.00681. The maximum atomic E-state index is 9.34. The second kappa shape index (κ2) is 22.9. The fraction of sp³-hybridized carbons (Fsp3) is 0.239. The van der Waals surface area contributed by atoms with E-state index in [0.717, 1.165) is 28.0 Å². The maximum absolute atomic E-state index is 9.34. The summed E-state index contributed by atoms with van der Waals surface area (Å²) in [5, 5.41) is 20.9. The highest BCUT2D eigenvalue weighted by molar-refractivity contribution is 7.25. The van der Waals surface area contributed by atoms with E-state index in [4.69, 9.17) is 11.5 Å². The Morgan fingerprint density at radius 2 is 1.80 bits per heavy atom. The average Bonchev–Trinajstić information content (AvgIpc) is 3.57. The molecule has 0 amide bonds. The van der Waals surface area contributed by atoms with Gasteiger partial charge in [-0.05, 0) is 84.5 Å². The summed E-state index contributed by atoms with van der Waals surface area (Å²) in [7, 11) is 5.33. The van der Waals surface area contributed by atoms with Crippen molar-refractivity contribution in [2.24, 2.45) is 11.5 Å². The van der Waals surface area contributed by atoms with Crippen LogP contribution in [-0.4, -0.2) is 37.2 Å². The van der Waals surface area contributed by atoms with E-state index >= 15 is 0 Å². The Bertz CT molecular complexity index is 2200. The summed E-state index contributed by atoms with van der Waals surface area (Å²) in [6.07, 6.45) is 25.5. The first kappa shape index (κ1) is 44.2. The number of likely N-dealkylation sites (N-methyl/N-ethyl adjacent to an activating group) is 1. The standard InChI is InChI=1S/C40H36N6S.C2H6O.2C2H6/c1-5-10-33-29(11-7-8-12-35(44)31-18-28(23-43)24-45-25-31)19-39-40(32(33)6-2)34-16-15-30(20-38(34)47-39)37-14-9-13-36(46(37)4)26(3)17-27(21-41)22-42;1-3-2;2*1-2/h5-10,12-21,24-25,36H,2,11,41,44H2,1,3-4H3;1-2H3;2*1-2H3/b8-7-,10-5-,26-17+,27-21+,35-12-;;;. The molecule has 3 heterocycles. The lowest BCUT2D eigenvalue weighted by Gasteiger charge is -2.33. The molecule has 0 radical (unpaired) electrons. The number of benzene rings is 2. The summed E-state index contributed by atoms with van der Waals surface area (Å²) in [5.41, 5.74) is 20.8. The Morgan fingerprint density at radius 1 is 1.07 bits per heavy atom. The molecule has 4 aromatic rings. The predicted octanol–water partition coefficient (Wildman–Crippen LogP) is 10.9. The molecule has 1 aliphatic rings. The average molecular weight is 739 g/mol. The van der Waals surface area contributed by atoms with Crippen molar-refractivity contribution in [2.75, 3.05) is 21.3 Å². The number of methoxy groups -OCH3 is 1. The van der Waals surface area contributed by atoms with Crippen molar-refractivity contribution in [1.29, 1.82) is 10.5 Å². The van der Waals surface area contributed by atoms with Crippen LogP contribution >= 0.6 is 11.3 Å². The van der Waals surface area contributed by atoms with Gasteiger partial charge in [0.1, 0.15) is 12.1 Å². The van der Waals surface area contributed by atoms with Crippen LogP contribution in [0.1, 0.15) is 74.9 Å². The largest absolute Gasteiger partial charge is 0.404 e. The fourth-order valence-corrected chi connectivity index (χ4v) is 7.14. The van der Waals surface area contributed by atoms with E-state index in [2.05, 4.69) is 101 Å². The molecule has 2 aromatic heterocycles. The second-order valence-electron chi connectivity index (χ2n) is 11.6. The highest BCUT2D eigenvalue weighted by atomic mass is 32.1. The molecule has 1 atom stereocenters. The second-order valence-corrected chi connectivity index (χ2v) is 12.7. The zero-order valence-corrected chi connectivity index (χ0v) is 34.0. The van der Waals surface area contributed by atoms with Crippen LogP contribution in [0.15, 0.2) is 115 Å². The molecule has 280 valence electrons. The zero-order chi connectivity index (χ0) is 40.2.